The van der Waals surface area contributed by atoms with Crippen molar-refractivity contribution < 1.29 is 9.59 Å². The highest BCUT2D eigenvalue weighted by molar-refractivity contribution is 5.24. The molecule has 1 aromatic rings. The summed E-state index contributed by atoms with van der Waals surface area (Å²) in [4.78, 5) is 18.9. The molecular weight excluding hydrogens is 250 g/mol. The summed E-state index contributed by atoms with van der Waals surface area (Å²) in [5, 5.41) is 0. The maximum absolute atomic E-state index is 8.12. The van der Waals surface area contributed by atoms with Gasteiger partial charge in [-0.25, -0.2) is 0 Å². The molecule has 1 heterocycles. The fourth-order valence-electron chi connectivity index (χ4n) is 2.90. The van der Waals surface area contributed by atoms with Gasteiger partial charge < -0.3 is 0 Å². The van der Waals surface area contributed by atoms with E-state index < -0.39 is 0 Å². The molecule has 0 bridgehead atoms. The van der Waals surface area contributed by atoms with Crippen LogP contribution in [0.25, 0.3) is 0 Å². The fourth-order valence-corrected chi connectivity index (χ4v) is 2.90. The zero-order valence-corrected chi connectivity index (χ0v) is 12.9. The zero-order valence-electron chi connectivity index (χ0n) is 12.9. The molecule has 20 heavy (non-hydrogen) atoms. The largest absolute Gasteiger partial charge is 0.373 e. The molecular formula is C17H25NO2. The second kappa shape index (κ2) is 7.98. The predicted molar refractivity (Wildman–Crippen MR) is 79.2 cm³/mol. The summed E-state index contributed by atoms with van der Waals surface area (Å²) in [6.45, 7) is 10.5. The van der Waals surface area contributed by atoms with Gasteiger partial charge >= 0.3 is 6.15 Å². The normalized spacial score (nSPS) is 24.2. The van der Waals surface area contributed by atoms with Crippen LogP contribution in [-0.2, 0) is 9.59 Å². The minimum absolute atomic E-state index is 0.250. The molecule has 0 aliphatic carbocycles. The molecule has 1 saturated heterocycles. The number of carbonyl (C=O) groups excluding carboxylic acids is 2. The van der Waals surface area contributed by atoms with E-state index in [1.807, 2.05) is 0 Å². The highest BCUT2D eigenvalue weighted by Crippen LogP contribution is 2.30. The van der Waals surface area contributed by atoms with Crippen LogP contribution in [0, 0.1) is 12.8 Å². The highest BCUT2D eigenvalue weighted by Gasteiger charge is 2.27. The standard InChI is InChI=1S/C16H25N.CO2/c1-12-6-9-16(10-7-12)15(4)17-11-13(2)5-8-14(17)3;2-1-3/h6-7,9-10,13-15H,5,8,11H2,1-4H3;/t13-,14-,15?;/m1./s1. The van der Waals surface area contributed by atoms with Crippen LogP contribution in [0.4, 0.5) is 0 Å². The summed E-state index contributed by atoms with van der Waals surface area (Å²) in [6.07, 6.45) is 2.98. The summed E-state index contributed by atoms with van der Waals surface area (Å²) in [5.74, 6) is 0.846. The van der Waals surface area contributed by atoms with E-state index in [4.69, 9.17) is 9.59 Å². The van der Waals surface area contributed by atoms with E-state index in [1.54, 1.807) is 0 Å². The first kappa shape index (κ1) is 16.6. The molecule has 0 saturated carbocycles. The van der Waals surface area contributed by atoms with Gasteiger partial charge in [0, 0.05) is 18.6 Å². The van der Waals surface area contributed by atoms with Crippen molar-refractivity contribution in [3.63, 3.8) is 0 Å². The fraction of sp³-hybridized carbons (Fsp3) is 0.588. The van der Waals surface area contributed by atoms with Crippen LogP contribution in [0.1, 0.15) is 50.8 Å². The van der Waals surface area contributed by atoms with Gasteiger partial charge in [-0.2, -0.15) is 9.59 Å². The Bertz CT molecular complexity index is 435. The van der Waals surface area contributed by atoms with Crippen LogP contribution < -0.4 is 0 Å². The van der Waals surface area contributed by atoms with E-state index in [-0.39, 0.29) is 6.15 Å². The Hall–Kier alpha value is -1.44. The molecule has 110 valence electrons. The summed E-state index contributed by atoms with van der Waals surface area (Å²) in [5.41, 5.74) is 2.80. The third-order valence-electron chi connectivity index (χ3n) is 4.22. The van der Waals surface area contributed by atoms with E-state index in [0.717, 1.165) is 12.0 Å². The molecule has 0 radical (unpaired) electrons. The molecule has 0 spiro atoms. The number of piperidine rings is 1. The molecule has 1 aliphatic rings. The van der Waals surface area contributed by atoms with Crippen molar-refractivity contribution in [2.24, 2.45) is 5.92 Å². The summed E-state index contributed by atoms with van der Waals surface area (Å²) in [7, 11) is 0. The zero-order chi connectivity index (χ0) is 15.1. The van der Waals surface area contributed by atoms with Crippen molar-refractivity contribution in [1.82, 2.24) is 4.90 Å². The minimum atomic E-state index is 0.250. The van der Waals surface area contributed by atoms with E-state index >= 15 is 0 Å². The van der Waals surface area contributed by atoms with Gasteiger partial charge in [0.15, 0.2) is 0 Å². The third kappa shape index (κ3) is 4.59. The lowest BCUT2D eigenvalue weighted by atomic mass is 9.92. The Morgan fingerprint density at radius 3 is 2.25 bits per heavy atom. The van der Waals surface area contributed by atoms with Gasteiger partial charge in [0.05, 0.1) is 0 Å². The minimum Gasteiger partial charge on any atom is -0.294 e. The smallest absolute Gasteiger partial charge is 0.294 e. The van der Waals surface area contributed by atoms with E-state index in [2.05, 4.69) is 56.9 Å². The topological polar surface area (TPSA) is 37.4 Å². The molecule has 0 amide bonds. The molecule has 3 atom stereocenters. The van der Waals surface area contributed by atoms with Crippen molar-refractivity contribution in [2.75, 3.05) is 6.54 Å². The number of aryl methyl sites for hydroxylation is 1. The van der Waals surface area contributed by atoms with Crippen LogP contribution in [0.3, 0.4) is 0 Å². The first-order valence-corrected chi connectivity index (χ1v) is 7.31. The SMILES string of the molecule is Cc1ccc(C(C)N2C[C@H](C)CC[C@H]2C)cc1.O=C=O. The van der Waals surface area contributed by atoms with Crippen LogP contribution >= 0.6 is 0 Å². The molecule has 3 heteroatoms. The predicted octanol–water partition coefficient (Wildman–Crippen LogP) is 3.59. The molecule has 3 nitrogen and oxygen atoms in total. The van der Waals surface area contributed by atoms with Gasteiger partial charge in [0.1, 0.15) is 0 Å². The number of hydrogen-bond donors (Lipinski definition) is 0. The number of likely N-dealkylation sites (tertiary alicyclic amines) is 1. The van der Waals surface area contributed by atoms with E-state index in [1.165, 1.54) is 30.5 Å². The first-order valence-electron chi connectivity index (χ1n) is 7.31. The van der Waals surface area contributed by atoms with Gasteiger partial charge in [-0.05, 0) is 45.1 Å². The molecule has 1 unspecified atom stereocenters. The third-order valence-corrected chi connectivity index (χ3v) is 4.22. The van der Waals surface area contributed by atoms with Crippen molar-refractivity contribution in [3.8, 4) is 0 Å². The second-order valence-electron chi connectivity index (χ2n) is 5.90. The van der Waals surface area contributed by atoms with Gasteiger partial charge in [-0.15, -0.1) is 0 Å². The van der Waals surface area contributed by atoms with Gasteiger partial charge in [-0.1, -0.05) is 36.8 Å². The summed E-state index contributed by atoms with van der Waals surface area (Å²) < 4.78 is 0. The van der Waals surface area contributed by atoms with Crippen molar-refractivity contribution in [2.45, 2.75) is 52.6 Å². The Morgan fingerprint density at radius 2 is 1.70 bits per heavy atom. The molecule has 1 fully saturated rings. The highest BCUT2D eigenvalue weighted by atomic mass is 16.2. The van der Waals surface area contributed by atoms with Gasteiger partial charge in [-0.3, -0.25) is 4.90 Å². The molecule has 1 aliphatic heterocycles. The Kier molecular flexibility index (Phi) is 6.63. The van der Waals surface area contributed by atoms with E-state index in [0.29, 0.717) is 6.04 Å². The van der Waals surface area contributed by atoms with Crippen LogP contribution in [0.15, 0.2) is 24.3 Å². The first-order chi connectivity index (χ1) is 9.49. The Balaban J connectivity index is 0.000000612. The quantitative estimate of drug-likeness (QED) is 0.827. The van der Waals surface area contributed by atoms with Gasteiger partial charge in [0.2, 0.25) is 0 Å². The average Bonchev–Trinajstić information content (AvgIpc) is 2.42. The van der Waals surface area contributed by atoms with Crippen LogP contribution in [0.5, 0.6) is 0 Å². The van der Waals surface area contributed by atoms with E-state index in [9.17, 15) is 0 Å². The lowest BCUT2D eigenvalue weighted by Gasteiger charge is -2.41. The maximum Gasteiger partial charge on any atom is 0.373 e. The molecule has 1 aromatic carbocycles. The maximum atomic E-state index is 8.12. The second-order valence-corrected chi connectivity index (χ2v) is 5.90. The average molecular weight is 275 g/mol. The van der Waals surface area contributed by atoms with Crippen molar-refractivity contribution in [1.29, 1.82) is 0 Å². The summed E-state index contributed by atoms with van der Waals surface area (Å²) in [6, 6.07) is 10.3. The molecule has 0 aromatic heterocycles. The van der Waals surface area contributed by atoms with Crippen molar-refractivity contribution >= 4 is 6.15 Å². The Labute approximate surface area is 122 Å². The lowest BCUT2D eigenvalue weighted by Crippen LogP contribution is -2.42. The monoisotopic (exact) mass is 275 g/mol. The number of benzene rings is 1. The van der Waals surface area contributed by atoms with Gasteiger partial charge in [0.25, 0.3) is 0 Å². The molecule has 2 rings (SSSR count). The lowest BCUT2D eigenvalue weighted by molar-refractivity contribution is -0.191. The molecule has 0 N–H and O–H groups in total. The van der Waals surface area contributed by atoms with Crippen molar-refractivity contribution in [3.05, 3.63) is 35.4 Å². The van der Waals surface area contributed by atoms with Crippen LogP contribution in [0.2, 0.25) is 0 Å². The number of hydrogen-bond acceptors (Lipinski definition) is 3. The van der Waals surface area contributed by atoms with Crippen LogP contribution in [-0.4, -0.2) is 23.6 Å². The number of nitrogens with zero attached hydrogens (tertiary/aromatic N) is 1. The summed E-state index contributed by atoms with van der Waals surface area (Å²) >= 11 is 0. The number of rotatable bonds is 2. The Morgan fingerprint density at radius 1 is 1.15 bits per heavy atom.